The van der Waals surface area contributed by atoms with Gasteiger partial charge in [0.2, 0.25) is 5.88 Å². The van der Waals surface area contributed by atoms with Crippen molar-refractivity contribution in [2.75, 3.05) is 24.4 Å². The second-order valence-electron chi connectivity index (χ2n) is 10.2. The highest BCUT2D eigenvalue weighted by Gasteiger charge is 2.64. The number of nitrogens with zero attached hydrogens (tertiary/aromatic N) is 5. The van der Waals surface area contributed by atoms with Gasteiger partial charge in [-0.3, -0.25) is 14.5 Å². The number of carbonyl (C=O) groups excluding carboxylic acids is 2. The first-order chi connectivity index (χ1) is 19.1. The van der Waals surface area contributed by atoms with Gasteiger partial charge in [-0.2, -0.15) is 4.98 Å². The highest BCUT2D eigenvalue weighted by molar-refractivity contribution is 6.31. The lowest BCUT2D eigenvalue weighted by molar-refractivity contribution is -0.119. The summed E-state index contributed by atoms with van der Waals surface area (Å²) in [5, 5.41) is 3.50. The van der Waals surface area contributed by atoms with Gasteiger partial charge in [0.05, 0.1) is 25.5 Å². The minimum absolute atomic E-state index is 0.130. The minimum atomic E-state index is -1.54. The number of benzene rings is 2. The van der Waals surface area contributed by atoms with E-state index in [0.717, 1.165) is 11.1 Å². The molecular weight excluding hydrogens is 532 g/mol. The average molecular weight is 559 g/mol. The van der Waals surface area contributed by atoms with Gasteiger partial charge in [0, 0.05) is 34.2 Å². The van der Waals surface area contributed by atoms with E-state index in [0.29, 0.717) is 39.0 Å². The normalized spacial score (nSPS) is 17.4. The number of methoxy groups -OCH3 is 2. The predicted octanol–water partition coefficient (Wildman–Crippen LogP) is 5.06. The van der Waals surface area contributed by atoms with Gasteiger partial charge < -0.3 is 19.4 Å². The minimum Gasteiger partial charge on any atom is -0.480 e. The molecule has 4 aromatic rings. The molecule has 0 bridgehead atoms. The number of carbonyl (C=O) groups is 2. The molecule has 1 unspecified atom stereocenters. The summed E-state index contributed by atoms with van der Waals surface area (Å²) in [7, 11) is 2.95. The van der Waals surface area contributed by atoms with Crippen LogP contribution in [0, 0.1) is 13.8 Å². The van der Waals surface area contributed by atoms with Crippen LogP contribution in [-0.2, 0) is 10.3 Å². The highest BCUT2D eigenvalue weighted by atomic mass is 35.5. The van der Waals surface area contributed by atoms with Gasteiger partial charge in [0.1, 0.15) is 5.82 Å². The third-order valence-electron chi connectivity index (χ3n) is 7.29. The van der Waals surface area contributed by atoms with Crippen LogP contribution < -0.4 is 19.7 Å². The first kappa shape index (κ1) is 25.8. The Hall–Kier alpha value is -4.44. The van der Waals surface area contributed by atoms with Crippen LogP contribution in [0.4, 0.5) is 11.4 Å². The molecule has 40 heavy (non-hydrogen) atoms. The molecule has 2 aliphatic heterocycles. The molecule has 2 aromatic carbocycles. The second kappa shape index (κ2) is 9.06. The largest absolute Gasteiger partial charge is 0.480 e. The summed E-state index contributed by atoms with van der Waals surface area (Å²) in [6.07, 6.45) is 1.54. The van der Waals surface area contributed by atoms with Crippen molar-refractivity contribution >= 4 is 34.8 Å². The molecule has 2 aliphatic rings. The molecule has 11 heteroatoms. The number of anilines is 2. The zero-order valence-corrected chi connectivity index (χ0v) is 23.6. The van der Waals surface area contributed by atoms with E-state index in [-0.39, 0.29) is 29.5 Å². The van der Waals surface area contributed by atoms with Crippen LogP contribution in [0.5, 0.6) is 11.9 Å². The molecule has 0 fully saturated rings. The van der Waals surface area contributed by atoms with Crippen molar-refractivity contribution in [2.45, 2.75) is 39.3 Å². The van der Waals surface area contributed by atoms with Gasteiger partial charge in [-0.1, -0.05) is 23.7 Å². The summed E-state index contributed by atoms with van der Waals surface area (Å²) < 4.78 is 12.6. The van der Waals surface area contributed by atoms with E-state index in [4.69, 9.17) is 26.1 Å². The van der Waals surface area contributed by atoms with E-state index in [1.807, 2.05) is 56.5 Å². The summed E-state index contributed by atoms with van der Waals surface area (Å²) in [6.45, 7) is 7.78. The van der Waals surface area contributed by atoms with Crippen molar-refractivity contribution in [2.24, 2.45) is 0 Å². The number of aryl methyl sites for hydroxylation is 2. The Bertz CT molecular complexity index is 1710. The molecule has 0 radical (unpaired) electrons. The van der Waals surface area contributed by atoms with E-state index in [1.165, 1.54) is 19.1 Å². The summed E-state index contributed by atoms with van der Waals surface area (Å²) in [5.41, 5.74) is 3.15. The number of rotatable bonds is 5. The Labute approximate surface area is 235 Å². The molecule has 6 rings (SSSR count). The molecule has 1 atom stereocenters. The molecular formula is C29H27ClN6O4. The van der Waals surface area contributed by atoms with Crippen molar-refractivity contribution in [1.82, 2.24) is 19.5 Å². The fourth-order valence-corrected chi connectivity index (χ4v) is 6.05. The highest BCUT2D eigenvalue weighted by Crippen LogP contribution is 2.54. The molecule has 0 saturated heterocycles. The van der Waals surface area contributed by atoms with Gasteiger partial charge in [-0.25, -0.2) is 9.97 Å². The first-order valence-corrected chi connectivity index (χ1v) is 13.1. The predicted molar refractivity (Wildman–Crippen MR) is 150 cm³/mol. The van der Waals surface area contributed by atoms with Gasteiger partial charge in [0.15, 0.2) is 11.2 Å². The van der Waals surface area contributed by atoms with E-state index < -0.39 is 11.4 Å². The number of fused-ring (bicyclic) bond motifs is 4. The van der Waals surface area contributed by atoms with Gasteiger partial charge in [-0.05, 0) is 63.1 Å². The maximum Gasteiger partial charge on any atom is 0.319 e. The summed E-state index contributed by atoms with van der Waals surface area (Å²) in [6, 6.07) is 11.0. The molecule has 2 aromatic heterocycles. The maximum absolute atomic E-state index is 14.4. The molecule has 1 spiro atoms. The molecule has 0 saturated carbocycles. The second-order valence-corrected chi connectivity index (χ2v) is 10.7. The quantitative estimate of drug-likeness (QED) is 0.364. The smallest absolute Gasteiger partial charge is 0.319 e. The Morgan fingerprint density at radius 1 is 1.00 bits per heavy atom. The third-order valence-corrected chi connectivity index (χ3v) is 7.50. The molecule has 2 amide bonds. The molecule has 10 nitrogen and oxygen atoms in total. The number of nitrogens with one attached hydrogen (secondary N) is 1. The third kappa shape index (κ3) is 3.45. The van der Waals surface area contributed by atoms with Crippen LogP contribution in [-0.4, -0.2) is 45.6 Å². The van der Waals surface area contributed by atoms with Crippen LogP contribution in [0.15, 0.2) is 42.6 Å². The molecule has 1 N–H and O–H groups in total. The Morgan fingerprint density at radius 2 is 1.77 bits per heavy atom. The standard InChI is InChI=1S/C29H27ClN6O4/c1-14(2)35-23-22(33-24(35)19-13-31-28(40-6)34-25(19)39-5)26(37)36(18-10-16(4)9-17(30)12-18)29(23)20-8-7-15(3)11-21(20)32-27(29)38/h7-14H,1-6H3,(H,32,38). The van der Waals surface area contributed by atoms with Crippen molar-refractivity contribution < 1.29 is 19.1 Å². The van der Waals surface area contributed by atoms with Crippen molar-refractivity contribution in [3.05, 3.63) is 75.7 Å². The summed E-state index contributed by atoms with van der Waals surface area (Å²) in [5.74, 6) is -0.144. The van der Waals surface area contributed by atoms with Crippen LogP contribution >= 0.6 is 11.6 Å². The van der Waals surface area contributed by atoms with Crippen LogP contribution in [0.3, 0.4) is 0 Å². The molecule has 0 aliphatic carbocycles. The lowest BCUT2D eigenvalue weighted by Gasteiger charge is -2.36. The number of hydrogen-bond donors (Lipinski definition) is 1. The Kier molecular flexibility index (Phi) is 5.85. The maximum atomic E-state index is 14.4. The van der Waals surface area contributed by atoms with Crippen molar-refractivity contribution in [1.29, 1.82) is 0 Å². The Morgan fingerprint density at radius 3 is 2.45 bits per heavy atom. The van der Waals surface area contributed by atoms with Gasteiger partial charge in [0.25, 0.3) is 11.8 Å². The van der Waals surface area contributed by atoms with Crippen LogP contribution in [0.1, 0.15) is 52.8 Å². The zero-order valence-electron chi connectivity index (χ0n) is 22.9. The fourth-order valence-electron chi connectivity index (χ4n) is 5.77. The van der Waals surface area contributed by atoms with Crippen molar-refractivity contribution in [3.63, 3.8) is 0 Å². The summed E-state index contributed by atoms with van der Waals surface area (Å²) >= 11 is 6.46. The van der Waals surface area contributed by atoms with Gasteiger partial charge in [-0.15, -0.1) is 0 Å². The van der Waals surface area contributed by atoms with Gasteiger partial charge >= 0.3 is 6.01 Å². The number of imidazole rings is 1. The van der Waals surface area contributed by atoms with Crippen LogP contribution in [0.2, 0.25) is 5.02 Å². The SMILES string of the molecule is COc1ncc(-c2nc3c(n2C(C)C)C2(C(=O)Nc4cc(C)ccc42)N(c2cc(C)cc(Cl)c2)C3=O)c(OC)n1. The van der Waals surface area contributed by atoms with E-state index in [9.17, 15) is 9.59 Å². The molecule has 204 valence electrons. The van der Waals surface area contributed by atoms with Crippen LogP contribution in [0.25, 0.3) is 11.4 Å². The number of ether oxygens (including phenoxy) is 2. The lowest BCUT2D eigenvalue weighted by atomic mass is 9.86. The Balaban J connectivity index is 1.72. The number of hydrogen-bond acceptors (Lipinski definition) is 7. The fraction of sp³-hybridized carbons (Fsp3) is 0.276. The van der Waals surface area contributed by atoms with E-state index >= 15 is 0 Å². The van der Waals surface area contributed by atoms with E-state index in [2.05, 4.69) is 15.3 Å². The topological polar surface area (TPSA) is 111 Å². The van der Waals surface area contributed by atoms with Crippen molar-refractivity contribution in [3.8, 4) is 23.3 Å². The van der Waals surface area contributed by atoms with E-state index in [1.54, 1.807) is 18.3 Å². The number of aromatic nitrogens is 4. The zero-order chi connectivity index (χ0) is 28.5. The first-order valence-electron chi connectivity index (χ1n) is 12.7. The monoisotopic (exact) mass is 558 g/mol. The number of amides is 2. The summed E-state index contributed by atoms with van der Waals surface area (Å²) in [4.78, 5) is 43.7. The lowest BCUT2D eigenvalue weighted by Crippen LogP contribution is -2.51. The molecule has 4 heterocycles. The number of halogens is 1. The average Bonchev–Trinajstić information content (AvgIpc) is 3.51.